The zero-order valence-corrected chi connectivity index (χ0v) is 15.5. The van der Waals surface area contributed by atoms with E-state index in [9.17, 15) is 9.90 Å². The average molecular weight is 426 g/mol. The van der Waals surface area contributed by atoms with E-state index in [-0.39, 0.29) is 16.7 Å². The van der Waals surface area contributed by atoms with Gasteiger partial charge in [0.05, 0.1) is 26.5 Å². The maximum atomic E-state index is 12.7. The number of amides is 1. The minimum Gasteiger partial charge on any atom is -0.505 e. The fraction of sp³-hybridized carbons (Fsp3) is 0.0588. The highest BCUT2D eigenvalue weighted by atomic mass is 79.9. The molecule has 122 valence electrons. The first-order chi connectivity index (χ1) is 11.4. The van der Waals surface area contributed by atoms with E-state index in [0.29, 0.717) is 32.0 Å². The summed E-state index contributed by atoms with van der Waals surface area (Å²) in [4.78, 5) is 12.7. The fourth-order valence-corrected chi connectivity index (χ4v) is 3.22. The Kier molecular flexibility index (Phi) is 4.67. The van der Waals surface area contributed by atoms with Crippen molar-refractivity contribution < 1.29 is 9.90 Å². The lowest BCUT2D eigenvalue weighted by Gasteiger charge is -2.11. The lowest BCUT2D eigenvalue weighted by Crippen LogP contribution is -2.21. The van der Waals surface area contributed by atoms with Crippen molar-refractivity contribution in [2.24, 2.45) is 5.10 Å². The lowest BCUT2D eigenvalue weighted by molar-refractivity contribution is -0.114. The predicted molar refractivity (Wildman–Crippen MR) is 101 cm³/mol. The molecule has 4 nitrogen and oxygen atoms in total. The molecule has 0 saturated heterocycles. The van der Waals surface area contributed by atoms with E-state index >= 15 is 0 Å². The number of phenolic OH excluding ortho intramolecular Hbond substituents is 1. The second-order valence-electron chi connectivity index (χ2n) is 5.17. The Hall–Kier alpha value is -1.82. The first-order valence-corrected chi connectivity index (χ1v) is 8.47. The average Bonchev–Trinajstić information content (AvgIpc) is 2.81. The van der Waals surface area contributed by atoms with Crippen LogP contribution in [-0.2, 0) is 4.79 Å². The van der Waals surface area contributed by atoms with Crippen molar-refractivity contribution in [3.8, 4) is 5.75 Å². The van der Waals surface area contributed by atoms with Crippen LogP contribution in [0.4, 0.5) is 5.69 Å². The number of aromatic hydroxyl groups is 1. The van der Waals surface area contributed by atoms with Gasteiger partial charge in [-0.25, -0.2) is 0 Å². The highest BCUT2D eigenvalue weighted by Crippen LogP contribution is 2.34. The molecular formula is C17H11BrCl2N2O2. The number of hydrogen-bond acceptors (Lipinski definition) is 3. The van der Waals surface area contributed by atoms with E-state index in [1.807, 2.05) is 0 Å². The van der Waals surface area contributed by atoms with Gasteiger partial charge in [0.2, 0.25) is 0 Å². The van der Waals surface area contributed by atoms with Crippen LogP contribution in [0.5, 0.6) is 5.75 Å². The number of rotatable bonds is 2. The molecule has 0 aromatic heterocycles. The molecule has 1 aliphatic heterocycles. The van der Waals surface area contributed by atoms with Gasteiger partial charge in [0.25, 0.3) is 5.91 Å². The van der Waals surface area contributed by atoms with E-state index in [4.69, 9.17) is 23.2 Å². The van der Waals surface area contributed by atoms with Gasteiger partial charge in [-0.05, 0) is 70.9 Å². The molecule has 24 heavy (non-hydrogen) atoms. The predicted octanol–water partition coefficient (Wildman–Crippen LogP) is 5.27. The highest BCUT2D eigenvalue weighted by molar-refractivity contribution is 9.10. The van der Waals surface area contributed by atoms with Crippen molar-refractivity contribution in [1.82, 2.24) is 0 Å². The van der Waals surface area contributed by atoms with Gasteiger partial charge >= 0.3 is 0 Å². The SMILES string of the molecule is CC1=NN(c2ccc(Cl)cc2)C(=O)/C1=C/c1cc(Cl)c(O)c(Br)c1. The van der Waals surface area contributed by atoms with Gasteiger partial charge in [-0.1, -0.05) is 23.2 Å². The van der Waals surface area contributed by atoms with Crippen LogP contribution >= 0.6 is 39.1 Å². The Morgan fingerprint density at radius 1 is 1.21 bits per heavy atom. The molecule has 0 unspecified atom stereocenters. The van der Waals surface area contributed by atoms with Gasteiger partial charge in [0.15, 0.2) is 0 Å². The second kappa shape index (κ2) is 6.59. The summed E-state index contributed by atoms with van der Waals surface area (Å²) in [5.74, 6) is -0.278. The summed E-state index contributed by atoms with van der Waals surface area (Å²) in [6.07, 6.45) is 1.69. The summed E-state index contributed by atoms with van der Waals surface area (Å²) < 4.78 is 0.455. The topological polar surface area (TPSA) is 52.9 Å². The number of nitrogens with zero attached hydrogens (tertiary/aromatic N) is 2. The Balaban J connectivity index is 1.97. The van der Waals surface area contributed by atoms with Crippen molar-refractivity contribution in [2.75, 3.05) is 5.01 Å². The number of phenols is 1. The van der Waals surface area contributed by atoms with Crippen LogP contribution in [0.2, 0.25) is 10.0 Å². The molecule has 1 aliphatic rings. The number of anilines is 1. The maximum Gasteiger partial charge on any atom is 0.280 e. The standard InChI is InChI=1S/C17H11BrCl2N2O2/c1-9-13(6-10-7-14(18)16(23)15(20)8-10)17(24)22(21-9)12-4-2-11(19)3-5-12/h2-8,23H,1H3/b13-6+. The second-order valence-corrected chi connectivity index (χ2v) is 6.87. The third-order valence-electron chi connectivity index (χ3n) is 3.48. The van der Waals surface area contributed by atoms with Gasteiger partial charge in [-0.3, -0.25) is 4.79 Å². The molecule has 0 atom stereocenters. The molecule has 0 bridgehead atoms. The van der Waals surface area contributed by atoms with Crippen molar-refractivity contribution in [1.29, 1.82) is 0 Å². The van der Waals surface area contributed by atoms with Gasteiger partial charge in [0, 0.05) is 5.02 Å². The number of hydrogen-bond donors (Lipinski definition) is 1. The van der Waals surface area contributed by atoms with Crippen LogP contribution < -0.4 is 5.01 Å². The van der Waals surface area contributed by atoms with Gasteiger partial charge in [-0.15, -0.1) is 0 Å². The quantitative estimate of drug-likeness (QED) is 0.666. The third kappa shape index (κ3) is 3.20. The number of halogens is 3. The molecule has 0 fully saturated rings. The molecule has 0 saturated carbocycles. The molecule has 1 heterocycles. The number of benzene rings is 2. The van der Waals surface area contributed by atoms with Crippen LogP contribution in [0.15, 0.2) is 51.5 Å². The maximum absolute atomic E-state index is 12.7. The lowest BCUT2D eigenvalue weighted by atomic mass is 10.1. The summed E-state index contributed by atoms with van der Waals surface area (Å²) in [6, 6.07) is 10.1. The Morgan fingerprint density at radius 2 is 1.88 bits per heavy atom. The van der Waals surface area contributed by atoms with E-state index in [2.05, 4.69) is 21.0 Å². The van der Waals surface area contributed by atoms with Crippen LogP contribution in [0.25, 0.3) is 6.08 Å². The largest absolute Gasteiger partial charge is 0.505 e. The first kappa shape index (κ1) is 17.0. The van der Waals surface area contributed by atoms with Gasteiger partial charge in [-0.2, -0.15) is 10.1 Å². The molecule has 0 radical (unpaired) electrons. The first-order valence-electron chi connectivity index (χ1n) is 6.92. The van der Waals surface area contributed by atoms with Crippen LogP contribution in [0.1, 0.15) is 12.5 Å². The number of hydrazone groups is 1. The summed E-state index contributed by atoms with van der Waals surface area (Å²) in [7, 11) is 0. The van der Waals surface area contributed by atoms with Crippen molar-refractivity contribution in [3.05, 3.63) is 62.1 Å². The molecule has 1 N–H and O–H groups in total. The van der Waals surface area contributed by atoms with E-state index < -0.39 is 0 Å². The van der Waals surface area contributed by atoms with E-state index in [0.717, 1.165) is 0 Å². The van der Waals surface area contributed by atoms with E-state index in [1.54, 1.807) is 49.4 Å². The fourth-order valence-electron chi connectivity index (χ4n) is 2.28. The zero-order valence-electron chi connectivity index (χ0n) is 12.4. The van der Waals surface area contributed by atoms with Gasteiger partial charge < -0.3 is 5.11 Å². The molecule has 0 spiro atoms. The smallest absolute Gasteiger partial charge is 0.280 e. The summed E-state index contributed by atoms with van der Waals surface area (Å²) in [5.41, 5.74) is 2.37. The molecular weight excluding hydrogens is 415 g/mol. The Labute approximate surface area is 157 Å². The van der Waals surface area contributed by atoms with Crippen LogP contribution in [0.3, 0.4) is 0 Å². The van der Waals surface area contributed by atoms with Crippen LogP contribution in [-0.4, -0.2) is 16.7 Å². The minimum absolute atomic E-state index is 0.0373. The summed E-state index contributed by atoms with van der Waals surface area (Å²) in [6.45, 7) is 1.76. The molecule has 2 aromatic rings. The van der Waals surface area contributed by atoms with Crippen molar-refractivity contribution in [3.63, 3.8) is 0 Å². The Bertz CT molecular complexity index is 869. The third-order valence-corrected chi connectivity index (χ3v) is 4.63. The molecule has 1 amide bonds. The monoisotopic (exact) mass is 424 g/mol. The number of carbonyl (C=O) groups excluding carboxylic acids is 1. The van der Waals surface area contributed by atoms with Crippen molar-refractivity contribution in [2.45, 2.75) is 6.92 Å². The Morgan fingerprint density at radius 3 is 2.50 bits per heavy atom. The van der Waals surface area contributed by atoms with Crippen LogP contribution in [0, 0.1) is 0 Å². The zero-order chi connectivity index (χ0) is 17.4. The van der Waals surface area contributed by atoms with Gasteiger partial charge in [0.1, 0.15) is 5.75 Å². The number of carbonyl (C=O) groups is 1. The van der Waals surface area contributed by atoms with E-state index in [1.165, 1.54) is 5.01 Å². The minimum atomic E-state index is -0.241. The molecule has 7 heteroatoms. The highest BCUT2D eigenvalue weighted by Gasteiger charge is 2.28. The van der Waals surface area contributed by atoms with Crippen molar-refractivity contribution >= 4 is 62.5 Å². The molecule has 0 aliphatic carbocycles. The normalized spacial score (nSPS) is 16.0. The summed E-state index contributed by atoms with van der Waals surface area (Å²) in [5, 5.41) is 16.1. The molecule has 3 rings (SSSR count). The summed E-state index contributed by atoms with van der Waals surface area (Å²) >= 11 is 15.1. The molecule has 2 aromatic carbocycles.